The number of hydrogen-bond acceptors (Lipinski definition) is 5. The Bertz CT molecular complexity index is 323. The van der Waals surface area contributed by atoms with Gasteiger partial charge >= 0.3 is 7.12 Å². The monoisotopic (exact) mass is 238 g/mol. The third kappa shape index (κ3) is 3.09. The van der Waals surface area contributed by atoms with Crippen molar-refractivity contribution in [3.05, 3.63) is 11.9 Å². The van der Waals surface area contributed by atoms with Gasteiger partial charge in [-0.2, -0.15) is 0 Å². The molecule has 94 valence electrons. The van der Waals surface area contributed by atoms with Gasteiger partial charge in [0.1, 0.15) is 5.82 Å². The molecule has 17 heavy (non-hydrogen) atoms. The highest BCUT2D eigenvalue weighted by molar-refractivity contribution is 6.47. The summed E-state index contributed by atoms with van der Waals surface area (Å²) in [5, 5.41) is 18.1. The normalized spacial score (nSPS) is 33.5. The van der Waals surface area contributed by atoms with E-state index in [4.69, 9.17) is 14.8 Å². The highest BCUT2D eigenvalue weighted by atomic mass is 16.5. The molecule has 5 nitrogen and oxygen atoms in total. The predicted octanol–water partition coefficient (Wildman–Crippen LogP) is 0.255. The van der Waals surface area contributed by atoms with Gasteiger partial charge in [0.2, 0.25) is 0 Å². The maximum atomic E-state index is 9.06. The third-order valence-corrected chi connectivity index (χ3v) is 3.10. The Morgan fingerprint density at radius 1 is 1.35 bits per heavy atom. The standard InChI is InChI=1S/C11H19BN2O3/c1-8-6-14(7-9(2)17-8)11-4-3-10(5-13-11)12(15)16/h4-5,8-10,15-16H,3,6-7H2,1-2H3/t8-,9+,10-/m1/s1. The van der Waals surface area contributed by atoms with Gasteiger partial charge in [0.05, 0.1) is 12.2 Å². The quantitative estimate of drug-likeness (QED) is 0.677. The van der Waals surface area contributed by atoms with Crippen molar-refractivity contribution in [2.45, 2.75) is 38.3 Å². The second-order valence-electron chi connectivity index (χ2n) is 4.82. The molecule has 0 aromatic carbocycles. The molecule has 0 amide bonds. The molecule has 0 aromatic heterocycles. The first-order chi connectivity index (χ1) is 8.06. The number of rotatable bonds is 2. The van der Waals surface area contributed by atoms with Crippen LogP contribution in [0.25, 0.3) is 0 Å². The van der Waals surface area contributed by atoms with E-state index in [0.29, 0.717) is 6.42 Å². The molecular formula is C11H19BN2O3. The van der Waals surface area contributed by atoms with Gasteiger partial charge in [-0.3, -0.25) is 0 Å². The zero-order chi connectivity index (χ0) is 12.4. The van der Waals surface area contributed by atoms with Crippen LogP contribution in [0, 0.1) is 0 Å². The molecule has 0 spiro atoms. The molecule has 3 atom stereocenters. The fraction of sp³-hybridized carbons (Fsp3) is 0.727. The van der Waals surface area contributed by atoms with Gasteiger partial charge in [-0.15, -0.1) is 0 Å². The van der Waals surface area contributed by atoms with E-state index in [1.165, 1.54) is 0 Å². The second kappa shape index (κ2) is 5.20. The molecule has 2 N–H and O–H groups in total. The molecular weight excluding hydrogens is 219 g/mol. The van der Waals surface area contributed by atoms with Crippen LogP contribution in [0.15, 0.2) is 16.9 Å². The number of hydrogen-bond donors (Lipinski definition) is 2. The predicted molar refractivity (Wildman–Crippen MR) is 66.7 cm³/mol. The van der Waals surface area contributed by atoms with Crippen LogP contribution in [-0.2, 0) is 4.74 Å². The zero-order valence-corrected chi connectivity index (χ0v) is 10.3. The van der Waals surface area contributed by atoms with Crippen LogP contribution in [0.2, 0.25) is 5.82 Å². The highest BCUT2D eigenvalue weighted by Crippen LogP contribution is 2.23. The first-order valence-electron chi connectivity index (χ1n) is 6.07. The summed E-state index contributed by atoms with van der Waals surface area (Å²) in [5.41, 5.74) is 0. The summed E-state index contributed by atoms with van der Waals surface area (Å²) in [6.45, 7) is 5.77. The number of allylic oxidation sites excluding steroid dienone is 1. The van der Waals surface area contributed by atoms with E-state index < -0.39 is 7.12 Å². The third-order valence-electron chi connectivity index (χ3n) is 3.10. The first-order valence-corrected chi connectivity index (χ1v) is 6.07. The topological polar surface area (TPSA) is 65.3 Å². The van der Waals surface area contributed by atoms with Crippen molar-refractivity contribution in [3.63, 3.8) is 0 Å². The van der Waals surface area contributed by atoms with E-state index in [-0.39, 0.29) is 18.0 Å². The lowest BCUT2D eigenvalue weighted by Crippen LogP contribution is -2.44. The van der Waals surface area contributed by atoms with Crippen molar-refractivity contribution >= 4 is 13.3 Å². The second-order valence-corrected chi connectivity index (χ2v) is 4.82. The van der Waals surface area contributed by atoms with E-state index in [1.54, 1.807) is 6.21 Å². The van der Waals surface area contributed by atoms with E-state index >= 15 is 0 Å². The van der Waals surface area contributed by atoms with Crippen molar-refractivity contribution in [2.75, 3.05) is 13.1 Å². The SMILES string of the molecule is C[C@@H]1CN(C2=CC[C@@H](B(O)O)C=N2)C[C@H](C)O1. The molecule has 0 aliphatic carbocycles. The molecule has 2 aliphatic rings. The summed E-state index contributed by atoms with van der Waals surface area (Å²) in [5.74, 6) is 0.638. The summed E-state index contributed by atoms with van der Waals surface area (Å²) in [7, 11) is -1.32. The lowest BCUT2D eigenvalue weighted by Gasteiger charge is -2.37. The Morgan fingerprint density at radius 3 is 2.47 bits per heavy atom. The summed E-state index contributed by atoms with van der Waals surface area (Å²) in [4.78, 5) is 6.50. The van der Waals surface area contributed by atoms with Crippen LogP contribution in [0.5, 0.6) is 0 Å². The van der Waals surface area contributed by atoms with Crippen molar-refractivity contribution in [2.24, 2.45) is 4.99 Å². The Labute approximate surface area is 102 Å². The van der Waals surface area contributed by atoms with Crippen molar-refractivity contribution in [1.82, 2.24) is 4.90 Å². The molecule has 6 heteroatoms. The van der Waals surface area contributed by atoms with E-state index in [2.05, 4.69) is 23.7 Å². The molecule has 0 unspecified atom stereocenters. The van der Waals surface area contributed by atoms with Crippen LogP contribution in [0.1, 0.15) is 20.3 Å². The van der Waals surface area contributed by atoms with Gasteiger partial charge in [0.15, 0.2) is 0 Å². The fourth-order valence-electron chi connectivity index (χ4n) is 2.30. The minimum Gasteiger partial charge on any atom is -0.427 e. The molecule has 1 fully saturated rings. The van der Waals surface area contributed by atoms with Gasteiger partial charge in [-0.1, -0.05) is 0 Å². The van der Waals surface area contributed by atoms with Crippen LogP contribution >= 0.6 is 0 Å². The van der Waals surface area contributed by atoms with Crippen molar-refractivity contribution < 1.29 is 14.8 Å². The minimum atomic E-state index is -1.32. The van der Waals surface area contributed by atoms with E-state index in [9.17, 15) is 0 Å². The van der Waals surface area contributed by atoms with Gasteiger partial charge in [-0.25, -0.2) is 4.99 Å². The molecule has 1 saturated heterocycles. The number of nitrogens with zero attached hydrogens (tertiary/aromatic N) is 2. The average Bonchev–Trinajstić information content (AvgIpc) is 2.28. The lowest BCUT2D eigenvalue weighted by atomic mass is 9.71. The summed E-state index contributed by atoms with van der Waals surface area (Å²) in [6, 6.07) is 0. The van der Waals surface area contributed by atoms with Crippen LogP contribution in [0.3, 0.4) is 0 Å². The van der Waals surface area contributed by atoms with Gasteiger partial charge in [-0.05, 0) is 26.3 Å². The smallest absolute Gasteiger partial charge is 0.427 e. The van der Waals surface area contributed by atoms with Gasteiger partial charge < -0.3 is 19.7 Å². The number of aliphatic imine (C=N–C) groups is 1. The lowest BCUT2D eigenvalue weighted by molar-refractivity contribution is -0.0582. The fourth-order valence-corrected chi connectivity index (χ4v) is 2.30. The number of ether oxygens (including phenoxy) is 1. The van der Waals surface area contributed by atoms with Crippen molar-refractivity contribution in [1.29, 1.82) is 0 Å². The summed E-state index contributed by atoms with van der Waals surface area (Å²) >= 11 is 0. The van der Waals surface area contributed by atoms with E-state index in [0.717, 1.165) is 18.9 Å². The maximum absolute atomic E-state index is 9.06. The van der Waals surface area contributed by atoms with Gasteiger partial charge in [0, 0.05) is 25.1 Å². The Balaban J connectivity index is 1.98. The maximum Gasteiger partial charge on any atom is 0.460 e. The molecule has 0 radical (unpaired) electrons. The molecule has 0 aromatic rings. The number of morpholine rings is 1. The van der Waals surface area contributed by atoms with Gasteiger partial charge in [0.25, 0.3) is 0 Å². The molecule has 2 heterocycles. The van der Waals surface area contributed by atoms with Crippen LogP contribution < -0.4 is 0 Å². The average molecular weight is 238 g/mol. The summed E-state index contributed by atoms with van der Waals surface area (Å²) in [6.07, 6.45) is 4.63. The largest absolute Gasteiger partial charge is 0.460 e. The molecule has 2 rings (SSSR count). The van der Waals surface area contributed by atoms with Crippen molar-refractivity contribution in [3.8, 4) is 0 Å². The minimum absolute atomic E-state index is 0.205. The molecule has 0 bridgehead atoms. The highest BCUT2D eigenvalue weighted by Gasteiger charge is 2.27. The Kier molecular flexibility index (Phi) is 3.86. The Morgan fingerprint density at radius 2 is 2.00 bits per heavy atom. The molecule has 2 aliphatic heterocycles. The summed E-state index contributed by atoms with van der Waals surface area (Å²) < 4.78 is 5.67. The van der Waals surface area contributed by atoms with E-state index in [1.807, 2.05) is 6.08 Å². The van der Waals surface area contributed by atoms with Crippen LogP contribution in [0.4, 0.5) is 0 Å². The first kappa shape index (κ1) is 12.6. The van der Waals surface area contributed by atoms with Crippen LogP contribution in [-0.4, -0.2) is 53.6 Å². The zero-order valence-electron chi connectivity index (χ0n) is 10.3. The Hall–Kier alpha value is -0.845. The molecule has 0 saturated carbocycles.